The first-order valence-electron chi connectivity index (χ1n) is 6.18. The minimum Gasteiger partial charge on any atom is -0.468 e. The maximum Gasteiger partial charge on any atom is 0.216 e. The van der Waals surface area contributed by atoms with Crippen molar-refractivity contribution in [3.05, 3.63) is 53.4 Å². The minimum atomic E-state index is -3.70. The van der Waals surface area contributed by atoms with Gasteiger partial charge >= 0.3 is 0 Å². The van der Waals surface area contributed by atoms with Crippen LogP contribution in [0.5, 0.6) is 0 Å². The zero-order valence-electron chi connectivity index (χ0n) is 11.2. The van der Waals surface area contributed by atoms with Crippen LogP contribution in [0, 0.1) is 0 Å². The Balaban J connectivity index is 2.39. The standard InChI is InChI=1S/C14H14ClNO4S/c1-10(17)16-9-14(13-3-2-8-20-13)21(18,19)12-6-4-11(15)5-7-12/h2-8,14H,9H2,1H3,(H,16,17). The van der Waals surface area contributed by atoms with Crippen molar-refractivity contribution in [2.75, 3.05) is 6.54 Å². The van der Waals surface area contributed by atoms with E-state index in [1.807, 2.05) is 0 Å². The first-order chi connectivity index (χ1) is 9.91. The van der Waals surface area contributed by atoms with E-state index >= 15 is 0 Å². The Morgan fingerprint density at radius 1 is 1.29 bits per heavy atom. The van der Waals surface area contributed by atoms with Crippen LogP contribution in [0.2, 0.25) is 5.02 Å². The fraction of sp³-hybridized carbons (Fsp3) is 0.214. The van der Waals surface area contributed by atoms with Crippen molar-refractivity contribution in [1.82, 2.24) is 5.32 Å². The second-order valence-electron chi connectivity index (χ2n) is 4.44. The van der Waals surface area contributed by atoms with E-state index in [4.69, 9.17) is 16.0 Å². The van der Waals surface area contributed by atoms with E-state index in [9.17, 15) is 13.2 Å². The number of amides is 1. The second-order valence-corrected chi connectivity index (χ2v) is 7.01. The van der Waals surface area contributed by atoms with Crippen LogP contribution in [0.15, 0.2) is 52.0 Å². The van der Waals surface area contributed by atoms with Gasteiger partial charge in [0.15, 0.2) is 9.84 Å². The zero-order chi connectivity index (χ0) is 15.5. The van der Waals surface area contributed by atoms with Crippen LogP contribution in [0.1, 0.15) is 17.9 Å². The number of halogens is 1. The van der Waals surface area contributed by atoms with Gasteiger partial charge in [-0.15, -0.1) is 0 Å². The maximum atomic E-state index is 12.7. The van der Waals surface area contributed by atoms with Crippen LogP contribution in [-0.2, 0) is 14.6 Å². The lowest BCUT2D eigenvalue weighted by atomic mass is 10.3. The van der Waals surface area contributed by atoms with Gasteiger partial charge in [-0.3, -0.25) is 4.79 Å². The lowest BCUT2D eigenvalue weighted by Gasteiger charge is -2.16. The van der Waals surface area contributed by atoms with E-state index in [2.05, 4.69) is 5.32 Å². The second kappa shape index (κ2) is 6.32. The van der Waals surface area contributed by atoms with Gasteiger partial charge in [-0.05, 0) is 36.4 Å². The monoisotopic (exact) mass is 327 g/mol. The normalized spacial score (nSPS) is 12.9. The summed E-state index contributed by atoms with van der Waals surface area (Å²) >= 11 is 5.77. The van der Waals surface area contributed by atoms with Crippen molar-refractivity contribution in [3.8, 4) is 0 Å². The molecule has 0 bridgehead atoms. The molecule has 0 aliphatic heterocycles. The van der Waals surface area contributed by atoms with Crippen LogP contribution in [0.3, 0.4) is 0 Å². The highest BCUT2D eigenvalue weighted by Gasteiger charge is 2.31. The van der Waals surface area contributed by atoms with Crippen LogP contribution in [-0.4, -0.2) is 20.9 Å². The zero-order valence-corrected chi connectivity index (χ0v) is 12.8. The molecule has 1 amide bonds. The number of nitrogens with one attached hydrogen (secondary N) is 1. The molecule has 21 heavy (non-hydrogen) atoms. The number of carbonyl (C=O) groups is 1. The fourth-order valence-corrected chi connectivity index (χ4v) is 3.58. The lowest BCUT2D eigenvalue weighted by molar-refractivity contribution is -0.118. The predicted molar refractivity (Wildman–Crippen MR) is 78.8 cm³/mol. The minimum absolute atomic E-state index is 0.0617. The van der Waals surface area contributed by atoms with Crippen molar-refractivity contribution >= 4 is 27.3 Å². The summed E-state index contributed by atoms with van der Waals surface area (Å²) in [5.41, 5.74) is 0. The first-order valence-corrected chi connectivity index (χ1v) is 8.11. The summed E-state index contributed by atoms with van der Waals surface area (Å²) in [4.78, 5) is 11.2. The van der Waals surface area contributed by atoms with Crippen molar-refractivity contribution in [1.29, 1.82) is 0 Å². The molecule has 112 valence electrons. The summed E-state index contributed by atoms with van der Waals surface area (Å²) < 4.78 is 30.6. The predicted octanol–water partition coefficient (Wildman–Crippen LogP) is 2.58. The molecule has 0 fully saturated rings. The van der Waals surface area contributed by atoms with E-state index < -0.39 is 15.1 Å². The summed E-state index contributed by atoms with van der Waals surface area (Å²) in [5.74, 6) is -0.0310. The molecule has 1 aromatic carbocycles. The van der Waals surface area contributed by atoms with Gasteiger partial charge in [0.1, 0.15) is 11.0 Å². The Hall–Kier alpha value is -1.79. The fourth-order valence-electron chi connectivity index (χ4n) is 1.86. The van der Waals surface area contributed by atoms with Gasteiger partial charge in [0.25, 0.3) is 0 Å². The molecule has 1 N–H and O–H groups in total. The highest BCUT2D eigenvalue weighted by Crippen LogP contribution is 2.29. The molecule has 1 unspecified atom stereocenters. The number of rotatable bonds is 5. The lowest BCUT2D eigenvalue weighted by Crippen LogP contribution is -2.30. The molecule has 5 nitrogen and oxygen atoms in total. The third kappa shape index (κ3) is 3.65. The molecular weight excluding hydrogens is 314 g/mol. The van der Waals surface area contributed by atoms with E-state index in [1.165, 1.54) is 37.5 Å². The Bertz CT molecular complexity index is 708. The van der Waals surface area contributed by atoms with E-state index in [0.717, 1.165) is 0 Å². The number of carbonyl (C=O) groups excluding carboxylic acids is 1. The summed E-state index contributed by atoms with van der Waals surface area (Å²) in [6.45, 7) is 1.27. The van der Waals surface area contributed by atoms with E-state index in [1.54, 1.807) is 12.1 Å². The van der Waals surface area contributed by atoms with Crippen LogP contribution in [0.4, 0.5) is 0 Å². The van der Waals surface area contributed by atoms with Crippen molar-refractivity contribution < 1.29 is 17.6 Å². The molecule has 0 aliphatic carbocycles. The van der Waals surface area contributed by atoms with Gasteiger partial charge in [0.2, 0.25) is 5.91 Å². The SMILES string of the molecule is CC(=O)NCC(c1ccco1)S(=O)(=O)c1ccc(Cl)cc1. The molecule has 0 radical (unpaired) electrons. The molecule has 2 rings (SSSR count). The van der Waals surface area contributed by atoms with Crippen LogP contribution >= 0.6 is 11.6 Å². The number of benzene rings is 1. The number of hydrogen-bond donors (Lipinski definition) is 1. The van der Waals surface area contributed by atoms with Gasteiger partial charge in [-0.2, -0.15) is 0 Å². The smallest absolute Gasteiger partial charge is 0.216 e. The van der Waals surface area contributed by atoms with Gasteiger partial charge in [-0.1, -0.05) is 11.6 Å². The summed E-state index contributed by atoms with van der Waals surface area (Å²) in [6, 6.07) is 9.05. The van der Waals surface area contributed by atoms with E-state index in [0.29, 0.717) is 5.02 Å². The molecule has 2 aromatic rings. The average Bonchev–Trinajstić information content (AvgIpc) is 2.92. The first kappa shape index (κ1) is 15.6. The van der Waals surface area contributed by atoms with E-state index in [-0.39, 0.29) is 23.1 Å². The van der Waals surface area contributed by atoms with Gasteiger partial charge in [0.05, 0.1) is 11.2 Å². The highest BCUT2D eigenvalue weighted by atomic mass is 35.5. The molecule has 7 heteroatoms. The van der Waals surface area contributed by atoms with Crippen molar-refractivity contribution in [2.45, 2.75) is 17.1 Å². The molecule has 1 aromatic heterocycles. The van der Waals surface area contributed by atoms with Crippen molar-refractivity contribution in [2.24, 2.45) is 0 Å². The topological polar surface area (TPSA) is 76.4 Å². The molecule has 1 heterocycles. The van der Waals surface area contributed by atoms with Gasteiger partial charge in [0, 0.05) is 18.5 Å². The number of sulfone groups is 1. The third-order valence-electron chi connectivity index (χ3n) is 2.91. The van der Waals surface area contributed by atoms with Crippen LogP contribution < -0.4 is 5.32 Å². The Kier molecular flexibility index (Phi) is 4.69. The molecular formula is C14H14ClNO4S. The molecule has 0 spiro atoms. The van der Waals surface area contributed by atoms with Gasteiger partial charge < -0.3 is 9.73 Å². The van der Waals surface area contributed by atoms with Gasteiger partial charge in [-0.25, -0.2) is 8.42 Å². The maximum absolute atomic E-state index is 12.7. The average molecular weight is 328 g/mol. The highest BCUT2D eigenvalue weighted by molar-refractivity contribution is 7.91. The molecule has 0 saturated heterocycles. The molecule has 0 saturated carbocycles. The Morgan fingerprint density at radius 2 is 1.95 bits per heavy atom. The largest absolute Gasteiger partial charge is 0.468 e. The summed E-state index contributed by atoms with van der Waals surface area (Å²) in [7, 11) is -3.70. The Labute approximate surface area is 127 Å². The summed E-state index contributed by atoms with van der Waals surface area (Å²) in [5, 5.41) is 1.98. The third-order valence-corrected chi connectivity index (χ3v) is 5.24. The molecule has 0 aliphatic rings. The van der Waals surface area contributed by atoms with Crippen molar-refractivity contribution in [3.63, 3.8) is 0 Å². The number of hydrogen-bond acceptors (Lipinski definition) is 4. The Morgan fingerprint density at radius 3 is 2.48 bits per heavy atom. The summed E-state index contributed by atoms with van der Waals surface area (Å²) in [6.07, 6.45) is 1.40. The molecule has 1 atom stereocenters. The number of furan rings is 1. The quantitative estimate of drug-likeness (QED) is 0.915. The van der Waals surface area contributed by atoms with Crippen LogP contribution in [0.25, 0.3) is 0 Å².